The first-order chi connectivity index (χ1) is 14.6. The first-order valence-electron chi connectivity index (χ1n) is 13.6. The van der Waals surface area contributed by atoms with Gasteiger partial charge in [-0.2, -0.15) is 0 Å². The molecule has 0 nitrogen and oxygen atoms in total. The highest BCUT2D eigenvalue weighted by Gasteiger charge is 2.59. The Kier molecular flexibility index (Phi) is 8.00. The summed E-state index contributed by atoms with van der Waals surface area (Å²) in [7, 11) is 0. The van der Waals surface area contributed by atoms with Gasteiger partial charge in [-0.15, -0.1) is 0 Å². The van der Waals surface area contributed by atoms with Crippen molar-refractivity contribution in [2.24, 2.45) is 52.3 Å². The summed E-state index contributed by atoms with van der Waals surface area (Å²) >= 11 is 6.37. The van der Waals surface area contributed by atoms with Crippen LogP contribution < -0.4 is 0 Å². The molecule has 0 saturated heterocycles. The maximum Gasteiger partial charge on any atom is 0.0665 e. The Balaban J connectivity index is 1.46. The van der Waals surface area contributed by atoms with Crippen LogP contribution in [-0.2, 0) is 0 Å². The van der Waals surface area contributed by atoms with E-state index in [4.69, 9.17) is 0 Å². The average Bonchev–Trinajstić information content (AvgIpc) is 3.05. The van der Waals surface area contributed by atoms with Crippen molar-refractivity contribution >= 4 is 38.5 Å². The van der Waals surface area contributed by atoms with Crippen molar-refractivity contribution in [2.45, 2.75) is 115 Å². The zero-order chi connectivity index (χ0) is 22.4. The van der Waals surface area contributed by atoms with Crippen molar-refractivity contribution in [1.82, 2.24) is 0 Å². The van der Waals surface area contributed by atoms with E-state index in [0.717, 1.165) is 41.4 Å². The molecule has 0 aromatic heterocycles. The summed E-state index contributed by atoms with van der Waals surface area (Å²) in [5.74, 6) is 6.64. The number of halogens is 2. The molecule has 4 rings (SSSR count). The lowest BCUT2D eigenvalue weighted by molar-refractivity contribution is -0.0528. The summed E-state index contributed by atoms with van der Waals surface area (Å²) in [6, 6.07) is 0. The third kappa shape index (κ3) is 4.87. The maximum atomic E-state index is 3.81. The van der Waals surface area contributed by atoms with Crippen molar-refractivity contribution in [3.63, 3.8) is 0 Å². The van der Waals surface area contributed by atoms with Crippen LogP contribution >= 0.6 is 38.5 Å². The van der Waals surface area contributed by atoms with Crippen LogP contribution in [0, 0.1) is 52.3 Å². The van der Waals surface area contributed by atoms with Gasteiger partial charge in [-0.25, -0.2) is 0 Å². The number of allylic oxidation sites excluding steroid dienone is 2. The van der Waals surface area contributed by atoms with Crippen LogP contribution in [-0.4, -0.2) is 2.83 Å². The fraction of sp³-hybridized carbons (Fsp3) is 0.931. The number of fused-ring (bicyclic) bond motifs is 5. The lowest BCUT2D eigenvalue weighted by atomic mass is 9.46. The monoisotopic (exact) mass is 602 g/mol. The Morgan fingerprint density at radius 1 is 1.03 bits per heavy atom. The van der Waals surface area contributed by atoms with E-state index < -0.39 is 0 Å². The molecular weight excluding hydrogens is 555 g/mol. The minimum Gasteiger partial charge on any atom is -0.0845 e. The minimum atomic E-state index is 0.523. The number of hydrogen-bond donors (Lipinski definition) is 0. The molecule has 0 radical (unpaired) electrons. The maximum absolute atomic E-state index is 3.81. The van der Waals surface area contributed by atoms with Gasteiger partial charge in [-0.05, 0) is 110 Å². The molecule has 4 aliphatic carbocycles. The highest BCUT2D eigenvalue weighted by Crippen LogP contribution is 2.67. The van der Waals surface area contributed by atoms with E-state index in [1.165, 1.54) is 77.0 Å². The third-order valence-corrected chi connectivity index (χ3v) is 11.8. The van der Waals surface area contributed by atoms with Crippen molar-refractivity contribution in [3.05, 3.63) is 11.6 Å². The molecule has 0 spiro atoms. The van der Waals surface area contributed by atoms with Crippen molar-refractivity contribution < 1.29 is 0 Å². The van der Waals surface area contributed by atoms with E-state index in [0.29, 0.717) is 13.7 Å². The van der Waals surface area contributed by atoms with E-state index in [1.807, 2.05) is 5.57 Å². The molecule has 0 aliphatic heterocycles. The van der Waals surface area contributed by atoms with Crippen LogP contribution in [0.1, 0.15) is 112 Å². The van der Waals surface area contributed by atoms with Gasteiger partial charge in [-0.1, -0.05) is 104 Å². The summed E-state index contributed by atoms with van der Waals surface area (Å²) in [5, 5.41) is 0. The van der Waals surface area contributed by atoms with E-state index in [-0.39, 0.29) is 0 Å². The summed E-state index contributed by atoms with van der Waals surface area (Å²) in [6.45, 7) is 12.8. The predicted octanol–water partition coefficient (Wildman–Crippen LogP) is 10.2. The zero-order valence-corrected chi connectivity index (χ0v) is 24.7. The second kappa shape index (κ2) is 9.90. The summed E-state index contributed by atoms with van der Waals surface area (Å²) in [4.78, 5) is 0. The Hall–Kier alpha value is 0.950. The number of alkyl halides is 2. The lowest BCUT2D eigenvalue weighted by Crippen LogP contribution is -2.50. The molecular formula is C29H48BrI. The second-order valence-corrected chi connectivity index (χ2v) is 17.3. The van der Waals surface area contributed by atoms with Gasteiger partial charge in [0.15, 0.2) is 0 Å². The van der Waals surface area contributed by atoms with Crippen molar-refractivity contribution in [1.29, 1.82) is 0 Å². The molecule has 31 heavy (non-hydrogen) atoms. The molecule has 3 fully saturated rings. The standard InChI is InChI=1S/C29H48BrI/c1-19(2)7-6-8-20(3)24-11-12-25-23-10-9-22-17-21(18-27(30)31)13-15-28(22,4)26(23)14-16-29(24,25)5/h9,19-21,23-27H,6-8,10-18H2,1-5H3/t20-,21?,23?,24-,25?,26?,27?,28+,29-/m1/s1. The van der Waals surface area contributed by atoms with Crippen LogP contribution in [0.3, 0.4) is 0 Å². The fourth-order valence-electron chi connectivity index (χ4n) is 9.21. The molecule has 0 N–H and O–H groups in total. The first kappa shape index (κ1) is 25.1. The second-order valence-electron chi connectivity index (χ2n) is 13.0. The van der Waals surface area contributed by atoms with Crippen LogP contribution in [0.5, 0.6) is 0 Å². The predicted molar refractivity (Wildman–Crippen MR) is 148 cm³/mol. The molecule has 5 unspecified atom stereocenters. The highest BCUT2D eigenvalue weighted by molar-refractivity contribution is 14.1. The summed E-state index contributed by atoms with van der Waals surface area (Å²) in [6.07, 6.45) is 20.2. The molecule has 4 aliphatic rings. The molecule has 0 heterocycles. The molecule has 0 bridgehead atoms. The van der Waals surface area contributed by atoms with E-state index in [1.54, 1.807) is 0 Å². The van der Waals surface area contributed by atoms with Gasteiger partial charge in [0.05, 0.1) is 2.83 Å². The van der Waals surface area contributed by atoms with Crippen molar-refractivity contribution in [3.8, 4) is 0 Å². The van der Waals surface area contributed by atoms with Crippen LogP contribution in [0.2, 0.25) is 0 Å². The Morgan fingerprint density at radius 2 is 1.81 bits per heavy atom. The van der Waals surface area contributed by atoms with Gasteiger partial charge < -0.3 is 0 Å². The van der Waals surface area contributed by atoms with Gasteiger partial charge in [0.2, 0.25) is 0 Å². The third-order valence-electron chi connectivity index (χ3n) is 10.9. The topological polar surface area (TPSA) is 0 Å². The van der Waals surface area contributed by atoms with E-state index in [2.05, 4.69) is 79.2 Å². The Morgan fingerprint density at radius 3 is 2.52 bits per heavy atom. The van der Waals surface area contributed by atoms with Gasteiger partial charge in [0.25, 0.3) is 0 Å². The molecule has 2 heteroatoms. The van der Waals surface area contributed by atoms with Gasteiger partial charge in [-0.3, -0.25) is 0 Å². The molecule has 0 aromatic rings. The highest BCUT2D eigenvalue weighted by atomic mass is 127. The minimum absolute atomic E-state index is 0.523. The Labute approximate surface area is 215 Å². The smallest absolute Gasteiger partial charge is 0.0665 e. The van der Waals surface area contributed by atoms with Gasteiger partial charge >= 0.3 is 0 Å². The average molecular weight is 604 g/mol. The molecule has 178 valence electrons. The SMILES string of the molecule is CC(C)CCC[C@@H](C)[C@H]1CCC2C3CC=C4CC(CC(Br)I)CC[C@]4(C)C3CC[C@@]21C. The first-order valence-corrected chi connectivity index (χ1v) is 15.8. The summed E-state index contributed by atoms with van der Waals surface area (Å²) in [5.41, 5.74) is 3.02. The van der Waals surface area contributed by atoms with Gasteiger partial charge in [0.1, 0.15) is 0 Å². The largest absolute Gasteiger partial charge is 0.0845 e. The van der Waals surface area contributed by atoms with Crippen LogP contribution in [0.4, 0.5) is 0 Å². The van der Waals surface area contributed by atoms with Crippen molar-refractivity contribution in [2.75, 3.05) is 0 Å². The Bertz CT molecular complexity index is 653. The molecule has 9 atom stereocenters. The zero-order valence-electron chi connectivity index (χ0n) is 20.9. The molecule has 0 amide bonds. The quantitative estimate of drug-likeness (QED) is 0.154. The lowest BCUT2D eigenvalue weighted by Gasteiger charge is -2.58. The molecule has 3 saturated carbocycles. The number of hydrogen-bond acceptors (Lipinski definition) is 0. The van der Waals surface area contributed by atoms with Gasteiger partial charge in [0, 0.05) is 0 Å². The van der Waals surface area contributed by atoms with Crippen LogP contribution in [0.15, 0.2) is 11.6 Å². The normalized spacial score (nSPS) is 44.3. The van der Waals surface area contributed by atoms with E-state index >= 15 is 0 Å². The fourth-order valence-corrected chi connectivity index (χ4v) is 10.5. The summed E-state index contributed by atoms with van der Waals surface area (Å²) < 4.78 is 0.643. The number of rotatable bonds is 7. The van der Waals surface area contributed by atoms with Crippen LogP contribution in [0.25, 0.3) is 0 Å². The van der Waals surface area contributed by atoms with E-state index in [9.17, 15) is 0 Å². The molecule has 0 aromatic carbocycles.